The normalized spacial score (nSPS) is 10.9. The van der Waals surface area contributed by atoms with Crippen LogP contribution in [-0.2, 0) is 18.4 Å². The molecule has 1 amide bonds. The minimum Gasteiger partial charge on any atom is -0.497 e. The molecule has 0 radical (unpaired) electrons. The van der Waals surface area contributed by atoms with Gasteiger partial charge in [0.1, 0.15) is 5.75 Å². The van der Waals surface area contributed by atoms with Gasteiger partial charge >= 0.3 is 0 Å². The van der Waals surface area contributed by atoms with E-state index in [9.17, 15) is 4.79 Å². The number of methoxy groups -OCH3 is 1. The fourth-order valence-corrected chi connectivity index (χ4v) is 2.52. The Morgan fingerprint density at radius 1 is 1.39 bits per heavy atom. The quantitative estimate of drug-likeness (QED) is 0.887. The molecule has 0 aliphatic rings. The van der Waals surface area contributed by atoms with E-state index in [1.54, 1.807) is 13.2 Å². The lowest BCUT2D eigenvalue weighted by Crippen LogP contribution is -2.30. The molecule has 2 rings (SSSR count). The molecule has 6 nitrogen and oxygen atoms in total. The number of ether oxygens (including phenoxy) is 1. The molecule has 124 valence electrons. The molecular formula is C17H24N4O2. The number of carbonyl (C=O) groups is 1. The highest BCUT2D eigenvalue weighted by molar-refractivity contribution is 5.92. The highest BCUT2D eigenvalue weighted by Crippen LogP contribution is 2.17. The third-order valence-electron chi connectivity index (χ3n) is 3.85. The molecule has 6 heteroatoms. The number of hydrogen-bond acceptors (Lipinski definition) is 4. The van der Waals surface area contributed by atoms with Crippen LogP contribution >= 0.6 is 0 Å². The Kier molecular flexibility index (Phi) is 5.39. The largest absolute Gasteiger partial charge is 0.497 e. The maximum absolute atomic E-state index is 12.2. The zero-order chi connectivity index (χ0) is 17.0. The third-order valence-corrected chi connectivity index (χ3v) is 3.85. The number of aryl methyl sites for hydroxylation is 2. The van der Waals surface area contributed by atoms with E-state index in [1.807, 2.05) is 55.7 Å². The lowest BCUT2D eigenvalue weighted by atomic mass is 10.2. The van der Waals surface area contributed by atoms with E-state index >= 15 is 0 Å². The molecule has 2 aromatic rings. The summed E-state index contributed by atoms with van der Waals surface area (Å²) in [5.41, 5.74) is 4.04. The monoisotopic (exact) mass is 316 g/mol. The van der Waals surface area contributed by atoms with E-state index in [1.165, 1.54) is 5.56 Å². The molecule has 0 spiro atoms. The maximum Gasteiger partial charge on any atom is 0.238 e. The second kappa shape index (κ2) is 7.28. The fraction of sp³-hybridized carbons (Fsp3) is 0.412. The Morgan fingerprint density at radius 3 is 2.74 bits per heavy atom. The maximum atomic E-state index is 12.2. The molecule has 0 aliphatic carbocycles. The zero-order valence-corrected chi connectivity index (χ0v) is 14.4. The lowest BCUT2D eigenvalue weighted by molar-refractivity contribution is -0.117. The molecular weight excluding hydrogens is 292 g/mol. The van der Waals surface area contributed by atoms with Gasteiger partial charge in [0.2, 0.25) is 5.91 Å². The first-order valence-electron chi connectivity index (χ1n) is 7.52. The van der Waals surface area contributed by atoms with Gasteiger partial charge in [0.15, 0.2) is 0 Å². The Hall–Kier alpha value is -2.34. The van der Waals surface area contributed by atoms with E-state index in [0.29, 0.717) is 13.1 Å². The number of amides is 1. The molecule has 0 saturated carbocycles. The number of aromatic nitrogens is 2. The second-order valence-electron chi connectivity index (χ2n) is 5.73. The average molecular weight is 316 g/mol. The van der Waals surface area contributed by atoms with Crippen molar-refractivity contribution in [2.24, 2.45) is 7.05 Å². The van der Waals surface area contributed by atoms with Gasteiger partial charge in [-0.1, -0.05) is 6.07 Å². The van der Waals surface area contributed by atoms with Crippen LogP contribution in [0.15, 0.2) is 24.3 Å². The van der Waals surface area contributed by atoms with Gasteiger partial charge in [-0.2, -0.15) is 5.10 Å². The van der Waals surface area contributed by atoms with Crippen molar-refractivity contribution in [1.82, 2.24) is 14.7 Å². The molecule has 0 saturated heterocycles. The summed E-state index contributed by atoms with van der Waals surface area (Å²) in [5.74, 6) is 0.665. The minimum absolute atomic E-state index is 0.0556. The summed E-state index contributed by atoms with van der Waals surface area (Å²) >= 11 is 0. The van der Waals surface area contributed by atoms with E-state index in [0.717, 1.165) is 22.8 Å². The standard InChI is InChI=1S/C17H24N4O2/c1-12-16(13(2)21(4)19-12)10-20(3)11-17(22)18-14-7-6-8-15(9-14)23-5/h6-9H,10-11H2,1-5H3,(H,18,22). The predicted octanol–water partition coefficient (Wildman–Crippen LogP) is 2.12. The van der Waals surface area contributed by atoms with Gasteiger partial charge < -0.3 is 10.1 Å². The van der Waals surface area contributed by atoms with Crippen LogP contribution in [0.1, 0.15) is 17.0 Å². The summed E-state index contributed by atoms with van der Waals surface area (Å²) in [6.07, 6.45) is 0. The minimum atomic E-state index is -0.0556. The van der Waals surface area contributed by atoms with E-state index in [-0.39, 0.29) is 5.91 Å². The van der Waals surface area contributed by atoms with Crippen molar-refractivity contribution >= 4 is 11.6 Å². The van der Waals surface area contributed by atoms with Crippen molar-refractivity contribution in [2.75, 3.05) is 26.0 Å². The molecule has 1 heterocycles. The van der Waals surface area contributed by atoms with Crippen molar-refractivity contribution in [3.63, 3.8) is 0 Å². The summed E-state index contributed by atoms with van der Waals surface area (Å²) in [4.78, 5) is 14.2. The van der Waals surface area contributed by atoms with Crippen LogP contribution in [0.4, 0.5) is 5.69 Å². The Morgan fingerprint density at radius 2 is 2.13 bits per heavy atom. The number of nitrogens with zero attached hydrogens (tertiary/aromatic N) is 3. The molecule has 1 N–H and O–H groups in total. The van der Waals surface area contributed by atoms with Crippen LogP contribution in [0.25, 0.3) is 0 Å². The van der Waals surface area contributed by atoms with Crippen molar-refractivity contribution in [3.8, 4) is 5.75 Å². The molecule has 23 heavy (non-hydrogen) atoms. The lowest BCUT2D eigenvalue weighted by Gasteiger charge is -2.17. The van der Waals surface area contributed by atoms with Crippen molar-refractivity contribution in [2.45, 2.75) is 20.4 Å². The molecule has 1 aromatic carbocycles. The highest BCUT2D eigenvalue weighted by atomic mass is 16.5. The van der Waals surface area contributed by atoms with Crippen LogP contribution in [0.5, 0.6) is 5.75 Å². The van der Waals surface area contributed by atoms with E-state index < -0.39 is 0 Å². The third kappa shape index (κ3) is 4.32. The van der Waals surface area contributed by atoms with E-state index in [4.69, 9.17) is 4.74 Å². The zero-order valence-electron chi connectivity index (χ0n) is 14.4. The molecule has 0 unspecified atom stereocenters. The van der Waals surface area contributed by atoms with Crippen molar-refractivity contribution < 1.29 is 9.53 Å². The van der Waals surface area contributed by atoms with Crippen LogP contribution in [0.3, 0.4) is 0 Å². The number of hydrogen-bond donors (Lipinski definition) is 1. The van der Waals surface area contributed by atoms with E-state index in [2.05, 4.69) is 10.4 Å². The first kappa shape index (κ1) is 17.0. The first-order chi connectivity index (χ1) is 10.9. The predicted molar refractivity (Wildman–Crippen MR) is 90.6 cm³/mol. The Bertz CT molecular complexity index is 694. The van der Waals surface area contributed by atoms with Gasteiger partial charge in [0.25, 0.3) is 0 Å². The van der Waals surface area contributed by atoms with Gasteiger partial charge in [0, 0.05) is 36.6 Å². The van der Waals surface area contributed by atoms with Crippen molar-refractivity contribution in [3.05, 3.63) is 41.2 Å². The van der Waals surface area contributed by atoms with Crippen LogP contribution in [0.2, 0.25) is 0 Å². The summed E-state index contributed by atoms with van der Waals surface area (Å²) in [5, 5.41) is 7.29. The van der Waals surface area contributed by atoms with Gasteiger partial charge in [0.05, 0.1) is 19.3 Å². The summed E-state index contributed by atoms with van der Waals surface area (Å²) in [6.45, 7) is 5.04. The highest BCUT2D eigenvalue weighted by Gasteiger charge is 2.14. The number of anilines is 1. The number of likely N-dealkylation sites (N-methyl/N-ethyl adjacent to an activating group) is 1. The van der Waals surface area contributed by atoms with Gasteiger partial charge in [-0.3, -0.25) is 14.4 Å². The molecule has 0 fully saturated rings. The summed E-state index contributed by atoms with van der Waals surface area (Å²) < 4.78 is 7.02. The molecule has 0 bridgehead atoms. The SMILES string of the molecule is COc1cccc(NC(=O)CN(C)Cc2c(C)nn(C)c2C)c1. The van der Waals surface area contributed by atoms with Crippen LogP contribution in [0, 0.1) is 13.8 Å². The number of carbonyl (C=O) groups excluding carboxylic acids is 1. The molecule has 0 atom stereocenters. The van der Waals surface area contributed by atoms with Gasteiger partial charge in [-0.25, -0.2) is 0 Å². The summed E-state index contributed by atoms with van der Waals surface area (Å²) in [6, 6.07) is 7.33. The Labute approximate surface area is 137 Å². The average Bonchev–Trinajstić information content (AvgIpc) is 2.73. The number of nitrogens with one attached hydrogen (secondary N) is 1. The number of benzene rings is 1. The fourth-order valence-electron chi connectivity index (χ4n) is 2.52. The summed E-state index contributed by atoms with van der Waals surface area (Å²) in [7, 11) is 5.46. The second-order valence-corrected chi connectivity index (χ2v) is 5.73. The first-order valence-corrected chi connectivity index (χ1v) is 7.52. The van der Waals surface area contributed by atoms with Crippen LogP contribution < -0.4 is 10.1 Å². The molecule has 0 aliphatic heterocycles. The smallest absolute Gasteiger partial charge is 0.238 e. The molecule has 1 aromatic heterocycles. The number of rotatable bonds is 6. The van der Waals surface area contributed by atoms with Gasteiger partial charge in [-0.05, 0) is 33.0 Å². The van der Waals surface area contributed by atoms with Crippen molar-refractivity contribution in [1.29, 1.82) is 0 Å². The topological polar surface area (TPSA) is 59.4 Å². The Balaban J connectivity index is 1.94. The van der Waals surface area contributed by atoms with Gasteiger partial charge in [-0.15, -0.1) is 0 Å². The van der Waals surface area contributed by atoms with Crippen LogP contribution in [-0.4, -0.2) is 41.3 Å².